The molecule has 2 aromatic rings. The van der Waals surface area contributed by atoms with Gasteiger partial charge in [0.25, 0.3) is 0 Å². The Balaban J connectivity index is 2.34. The number of aromatic nitrogens is 3. The van der Waals surface area contributed by atoms with Gasteiger partial charge in [0.1, 0.15) is 5.75 Å². The molecular formula is C15H21N5O. The fourth-order valence-corrected chi connectivity index (χ4v) is 1.97. The van der Waals surface area contributed by atoms with Crippen LogP contribution in [0.1, 0.15) is 25.0 Å². The Bertz CT molecular complexity index is 625. The van der Waals surface area contributed by atoms with Crippen LogP contribution in [-0.4, -0.2) is 28.0 Å². The minimum Gasteiger partial charge on any atom is -0.424 e. The number of hydrogen-bond acceptors (Lipinski definition) is 6. The van der Waals surface area contributed by atoms with Crippen LogP contribution in [0, 0.1) is 13.8 Å². The number of aryl methyl sites for hydroxylation is 2. The average molecular weight is 287 g/mol. The summed E-state index contributed by atoms with van der Waals surface area (Å²) >= 11 is 0. The number of nitrogens with two attached hydrogens (primary N) is 1. The minimum absolute atomic E-state index is 0.159. The van der Waals surface area contributed by atoms with Crippen molar-refractivity contribution in [1.82, 2.24) is 15.0 Å². The molecule has 1 aromatic carbocycles. The summed E-state index contributed by atoms with van der Waals surface area (Å²) < 4.78 is 5.78. The summed E-state index contributed by atoms with van der Waals surface area (Å²) in [6, 6.07) is 6.20. The summed E-state index contributed by atoms with van der Waals surface area (Å²) in [6.45, 7) is 9.65. The fraction of sp³-hybridized carbons (Fsp3) is 0.400. The largest absolute Gasteiger partial charge is 0.424 e. The molecule has 2 rings (SSSR count). The van der Waals surface area contributed by atoms with Gasteiger partial charge < -0.3 is 15.4 Å². The van der Waals surface area contributed by atoms with Crippen LogP contribution in [0.2, 0.25) is 0 Å². The summed E-state index contributed by atoms with van der Waals surface area (Å²) in [5.74, 6) is 1.42. The van der Waals surface area contributed by atoms with E-state index in [-0.39, 0.29) is 12.0 Å². The molecule has 0 radical (unpaired) electrons. The molecule has 0 atom stereocenters. The lowest BCUT2D eigenvalue weighted by molar-refractivity contribution is 0.437. The predicted molar refractivity (Wildman–Crippen MR) is 83.8 cm³/mol. The van der Waals surface area contributed by atoms with E-state index in [1.807, 2.05) is 50.8 Å². The van der Waals surface area contributed by atoms with Crippen molar-refractivity contribution in [1.29, 1.82) is 0 Å². The molecule has 0 aliphatic carbocycles. The zero-order valence-corrected chi connectivity index (χ0v) is 12.9. The molecule has 1 aromatic heterocycles. The molecular weight excluding hydrogens is 266 g/mol. The maximum absolute atomic E-state index is 5.78. The topological polar surface area (TPSA) is 77.2 Å². The highest BCUT2D eigenvalue weighted by molar-refractivity contribution is 5.40. The first-order valence-electron chi connectivity index (χ1n) is 7.05. The van der Waals surface area contributed by atoms with E-state index in [4.69, 9.17) is 10.5 Å². The molecule has 0 saturated heterocycles. The van der Waals surface area contributed by atoms with Gasteiger partial charge in [-0.05, 0) is 44.9 Å². The van der Waals surface area contributed by atoms with Crippen molar-refractivity contribution in [2.75, 3.05) is 23.7 Å². The molecule has 0 fully saturated rings. The van der Waals surface area contributed by atoms with Crippen LogP contribution in [0.5, 0.6) is 11.8 Å². The first-order valence-corrected chi connectivity index (χ1v) is 7.05. The average Bonchev–Trinajstić information content (AvgIpc) is 2.44. The van der Waals surface area contributed by atoms with Gasteiger partial charge in [-0.2, -0.15) is 15.0 Å². The maximum atomic E-state index is 5.78. The lowest BCUT2D eigenvalue weighted by Gasteiger charge is -2.18. The second kappa shape index (κ2) is 6.39. The SMILES string of the molecule is CCN(CC)c1nc(N)nc(Oc2cc(C)ccc2C)n1. The van der Waals surface area contributed by atoms with Crippen LogP contribution < -0.4 is 15.4 Å². The Morgan fingerprint density at radius 1 is 1.10 bits per heavy atom. The first kappa shape index (κ1) is 15.0. The van der Waals surface area contributed by atoms with Crippen molar-refractivity contribution < 1.29 is 4.74 Å². The molecule has 112 valence electrons. The molecule has 0 saturated carbocycles. The molecule has 1 heterocycles. The Labute approximate surface area is 125 Å². The number of benzene rings is 1. The van der Waals surface area contributed by atoms with Crippen molar-refractivity contribution in [3.05, 3.63) is 29.3 Å². The number of nitrogen functional groups attached to an aromatic ring is 1. The molecule has 6 heteroatoms. The van der Waals surface area contributed by atoms with Crippen molar-refractivity contribution in [3.63, 3.8) is 0 Å². The standard InChI is InChI=1S/C15H21N5O/c1-5-20(6-2)14-17-13(16)18-15(19-14)21-12-9-10(3)7-8-11(12)4/h7-9H,5-6H2,1-4H3,(H2,16,17,18,19). The highest BCUT2D eigenvalue weighted by atomic mass is 16.5. The lowest BCUT2D eigenvalue weighted by atomic mass is 10.1. The van der Waals surface area contributed by atoms with Crippen LogP contribution in [0.3, 0.4) is 0 Å². The second-order valence-electron chi connectivity index (χ2n) is 4.82. The zero-order chi connectivity index (χ0) is 15.4. The number of anilines is 2. The second-order valence-corrected chi connectivity index (χ2v) is 4.82. The van der Waals surface area contributed by atoms with E-state index in [1.54, 1.807) is 0 Å². The van der Waals surface area contributed by atoms with Crippen molar-refractivity contribution in [2.24, 2.45) is 0 Å². The summed E-state index contributed by atoms with van der Waals surface area (Å²) in [5, 5.41) is 0. The van der Waals surface area contributed by atoms with E-state index in [2.05, 4.69) is 15.0 Å². The molecule has 6 nitrogen and oxygen atoms in total. The third-order valence-electron chi connectivity index (χ3n) is 3.21. The quantitative estimate of drug-likeness (QED) is 0.911. The smallest absolute Gasteiger partial charge is 0.328 e. The van der Waals surface area contributed by atoms with Gasteiger partial charge in [0, 0.05) is 13.1 Å². The van der Waals surface area contributed by atoms with Crippen LogP contribution in [-0.2, 0) is 0 Å². The fourth-order valence-electron chi connectivity index (χ4n) is 1.97. The first-order chi connectivity index (χ1) is 10.0. The van der Waals surface area contributed by atoms with Crippen molar-refractivity contribution in [3.8, 4) is 11.8 Å². The molecule has 21 heavy (non-hydrogen) atoms. The van der Waals surface area contributed by atoms with E-state index >= 15 is 0 Å². The highest BCUT2D eigenvalue weighted by Gasteiger charge is 2.12. The van der Waals surface area contributed by atoms with Crippen LogP contribution in [0.4, 0.5) is 11.9 Å². The Morgan fingerprint density at radius 2 is 1.81 bits per heavy atom. The third-order valence-corrected chi connectivity index (χ3v) is 3.21. The Morgan fingerprint density at radius 3 is 2.48 bits per heavy atom. The molecule has 0 unspecified atom stereocenters. The van der Waals surface area contributed by atoms with Gasteiger partial charge in [-0.25, -0.2) is 0 Å². The predicted octanol–water partition coefficient (Wildman–Crippen LogP) is 2.71. The summed E-state index contributed by atoms with van der Waals surface area (Å²) in [7, 11) is 0. The number of ether oxygens (including phenoxy) is 1. The van der Waals surface area contributed by atoms with Gasteiger partial charge in [0.15, 0.2) is 0 Å². The molecule has 0 aliphatic heterocycles. The van der Waals surface area contributed by atoms with E-state index in [1.165, 1.54) is 0 Å². The zero-order valence-electron chi connectivity index (χ0n) is 12.9. The molecule has 0 spiro atoms. The number of rotatable bonds is 5. The van der Waals surface area contributed by atoms with Gasteiger partial charge in [-0.3, -0.25) is 0 Å². The van der Waals surface area contributed by atoms with E-state index < -0.39 is 0 Å². The van der Waals surface area contributed by atoms with Gasteiger partial charge in [-0.15, -0.1) is 0 Å². The van der Waals surface area contributed by atoms with Gasteiger partial charge in [0.05, 0.1) is 0 Å². The molecule has 0 aliphatic rings. The highest BCUT2D eigenvalue weighted by Crippen LogP contribution is 2.25. The van der Waals surface area contributed by atoms with E-state index in [0.717, 1.165) is 30.0 Å². The lowest BCUT2D eigenvalue weighted by Crippen LogP contribution is -2.25. The monoisotopic (exact) mass is 287 g/mol. The van der Waals surface area contributed by atoms with Gasteiger partial charge in [-0.1, -0.05) is 12.1 Å². The maximum Gasteiger partial charge on any atom is 0.328 e. The number of nitrogens with zero attached hydrogens (tertiary/aromatic N) is 4. The number of hydrogen-bond donors (Lipinski definition) is 1. The van der Waals surface area contributed by atoms with E-state index in [0.29, 0.717) is 5.95 Å². The Kier molecular flexibility index (Phi) is 4.57. The molecule has 0 amide bonds. The normalized spacial score (nSPS) is 10.5. The molecule has 0 bridgehead atoms. The third kappa shape index (κ3) is 3.59. The van der Waals surface area contributed by atoms with Crippen molar-refractivity contribution >= 4 is 11.9 Å². The van der Waals surface area contributed by atoms with E-state index in [9.17, 15) is 0 Å². The van der Waals surface area contributed by atoms with Gasteiger partial charge in [0.2, 0.25) is 11.9 Å². The summed E-state index contributed by atoms with van der Waals surface area (Å²) in [5.41, 5.74) is 7.89. The van der Waals surface area contributed by atoms with Crippen LogP contribution >= 0.6 is 0 Å². The van der Waals surface area contributed by atoms with Crippen molar-refractivity contribution in [2.45, 2.75) is 27.7 Å². The van der Waals surface area contributed by atoms with Crippen LogP contribution in [0.15, 0.2) is 18.2 Å². The molecule has 2 N–H and O–H groups in total. The summed E-state index contributed by atoms with van der Waals surface area (Å²) in [6.07, 6.45) is 0. The Hall–Kier alpha value is -2.37. The minimum atomic E-state index is 0.159. The van der Waals surface area contributed by atoms with Crippen LogP contribution in [0.25, 0.3) is 0 Å². The van der Waals surface area contributed by atoms with Gasteiger partial charge >= 0.3 is 6.01 Å². The summed E-state index contributed by atoms with van der Waals surface area (Å²) in [4.78, 5) is 14.6.